The number of methoxy groups -OCH3 is 1. The van der Waals surface area contributed by atoms with Gasteiger partial charge >= 0.3 is 5.97 Å². The van der Waals surface area contributed by atoms with Crippen molar-refractivity contribution in [1.29, 1.82) is 0 Å². The average molecular weight is 379 g/mol. The van der Waals surface area contributed by atoms with Crippen molar-refractivity contribution in [3.63, 3.8) is 0 Å². The first-order valence-corrected chi connectivity index (χ1v) is 9.87. The van der Waals surface area contributed by atoms with E-state index >= 15 is 0 Å². The zero-order valence-corrected chi connectivity index (χ0v) is 17.3. The fraction of sp³-hybridized carbons (Fsp3) is 0.591. The third-order valence-electron chi connectivity index (χ3n) is 4.26. The second kappa shape index (κ2) is 12.3. The number of carbonyl (C=O) groups is 1. The van der Waals surface area contributed by atoms with Crippen molar-refractivity contribution >= 4 is 12.0 Å². The third kappa shape index (κ3) is 8.37. The highest BCUT2D eigenvalue weighted by molar-refractivity contribution is 5.85. The molecular weight excluding hydrogens is 344 g/mol. The first-order valence-electron chi connectivity index (χ1n) is 9.87. The van der Waals surface area contributed by atoms with Gasteiger partial charge in [-0.1, -0.05) is 39.5 Å². The lowest BCUT2D eigenvalue weighted by Crippen LogP contribution is -2.16. The minimum Gasteiger partial charge on any atom is -0.493 e. The van der Waals surface area contributed by atoms with Crippen LogP contribution in [0.25, 0.3) is 6.08 Å². The van der Waals surface area contributed by atoms with Crippen molar-refractivity contribution < 1.29 is 24.1 Å². The first-order chi connectivity index (χ1) is 12.9. The lowest BCUT2D eigenvalue weighted by molar-refractivity contribution is -0.131. The molecule has 1 N–H and O–H groups in total. The van der Waals surface area contributed by atoms with E-state index < -0.39 is 5.97 Å². The molecule has 2 unspecified atom stereocenters. The van der Waals surface area contributed by atoms with Gasteiger partial charge < -0.3 is 19.3 Å². The van der Waals surface area contributed by atoms with Crippen LogP contribution >= 0.6 is 0 Å². The van der Waals surface area contributed by atoms with Crippen molar-refractivity contribution in [2.45, 2.75) is 78.4 Å². The fourth-order valence-corrected chi connectivity index (χ4v) is 2.73. The number of benzene rings is 1. The highest BCUT2D eigenvalue weighted by Crippen LogP contribution is 2.41. The molecule has 0 saturated carbocycles. The van der Waals surface area contributed by atoms with Gasteiger partial charge in [0.2, 0.25) is 5.75 Å². The highest BCUT2D eigenvalue weighted by Gasteiger charge is 2.19. The molecule has 27 heavy (non-hydrogen) atoms. The van der Waals surface area contributed by atoms with Crippen LogP contribution in [-0.2, 0) is 4.79 Å². The van der Waals surface area contributed by atoms with Crippen LogP contribution in [0.15, 0.2) is 18.2 Å². The van der Waals surface area contributed by atoms with Crippen molar-refractivity contribution in [2.24, 2.45) is 0 Å². The van der Waals surface area contributed by atoms with Gasteiger partial charge in [0, 0.05) is 6.08 Å². The summed E-state index contributed by atoms with van der Waals surface area (Å²) in [7, 11) is 1.58. The minimum absolute atomic E-state index is 0.0293. The largest absolute Gasteiger partial charge is 0.493 e. The summed E-state index contributed by atoms with van der Waals surface area (Å²) in [6, 6.07) is 3.58. The Hall–Kier alpha value is -2.17. The highest BCUT2D eigenvalue weighted by atomic mass is 16.5. The Morgan fingerprint density at radius 2 is 1.59 bits per heavy atom. The molecule has 0 heterocycles. The van der Waals surface area contributed by atoms with Crippen molar-refractivity contribution in [3.05, 3.63) is 23.8 Å². The average Bonchev–Trinajstić information content (AvgIpc) is 2.64. The van der Waals surface area contributed by atoms with E-state index in [0.29, 0.717) is 22.8 Å². The van der Waals surface area contributed by atoms with Crippen LogP contribution in [0.4, 0.5) is 0 Å². The quantitative estimate of drug-likeness (QED) is 0.446. The number of rotatable bonds is 13. The van der Waals surface area contributed by atoms with Crippen molar-refractivity contribution in [3.8, 4) is 17.2 Å². The van der Waals surface area contributed by atoms with E-state index in [0.717, 1.165) is 44.6 Å². The van der Waals surface area contributed by atoms with Crippen LogP contribution in [0.2, 0.25) is 0 Å². The molecule has 0 radical (unpaired) electrons. The smallest absolute Gasteiger partial charge is 0.328 e. The summed E-state index contributed by atoms with van der Waals surface area (Å²) in [5.74, 6) is 0.716. The van der Waals surface area contributed by atoms with E-state index in [4.69, 9.17) is 19.3 Å². The van der Waals surface area contributed by atoms with E-state index in [2.05, 4.69) is 13.8 Å². The number of ether oxygens (including phenoxy) is 3. The summed E-state index contributed by atoms with van der Waals surface area (Å²) in [5.41, 5.74) is 0.695. The summed E-state index contributed by atoms with van der Waals surface area (Å²) in [4.78, 5) is 10.8. The van der Waals surface area contributed by atoms with Crippen LogP contribution in [0.1, 0.15) is 71.8 Å². The van der Waals surface area contributed by atoms with Gasteiger partial charge in [-0.3, -0.25) is 0 Å². The van der Waals surface area contributed by atoms with Gasteiger partial charge in [0.1, 0.15) is 0 Å². The van der Waals surface area contributed by atoms with Gasteiger partial charge in [-0.2, -0.15) is 0 Å². The number of aliphatic carboxylic acids is 1. The Balaban J connectivity index is 3.19. The molecule has 0 aliphatic heterocycles. The maximum Gasteiger partial charge on any atom is 0.328 e. The number of hydrogen-bond donors (Lipinski definition) is 1. The molecule has 5 heteroatoms. The molecule has 0 aliphatic carbocycles. The lowest BCUT2D eigenvalue weighted by Gasteiger charge is -2.23. The minimum atomic E-state index is -0.999. The summed E-state index contributed by atoms with van der Waals surface area (Å²) in [6.07, 6.45) is 8.98. The lowest BCUT2D eigenvalue weighted by atomic mass is 10.1. The second-order valence-corrected chi connectivity index (χ2v) is 6.86. The van der Waals surface area contributed by atoms with Crippen LogP contribution in [0, 0.1) is 0 Å². The number of unbranched alkanes of at least 4 members (excludes halogenated alkanes) is 2. The zero-order chi connectivity index (χ0) is 20.2. The topological polar surface area (TPSA) is 65.0 Å². The van der Waals surface area contributed by atoms with E-state index in [-0.39, 0.29) is 12.2 Å². The molecule has 0 saturated heterocycles. The molecular formula is C22H34O5. The van der Waals surface area contributed by atoms with Gasteiger partial charge in [0.15, 0.2) is 11.5 Å². The Labute approximate surface area is 163 Å². The Morgan fingerprint density at radius 1 is 1.04 bits per heavy atom. The van der Waals surface area contributed by atoms with Gasteiger partial charge in [0.05, 0.1) is 19.3 Å². The monoisotopic (exact) mass is 378 g/mol. The normalized spacial score (nSPS) is 13.4. The predicted octanol–water partition coefficient (Wildman–Crippen LogP) is 5.71. The number of carboxylic acid groups (broad SMARTS) is 1. The van der Waals surface area contributed by atoms with E-state index in [9.17, 15) is 4.79 Å². The molecule has 5 nitrogen and oxygen atoms in total. The SMILES string of the molecule is CCCCC(C)Oc1cc(C=CC(=O)O)cc(OC)c1OC(C)CCCC. The van der Waals surface area contributed by atoms with Crippen molar-refractivity contribution in [2.75, 3.05) is 7.11 Å². The van der Waals surface area contributed by atoms with E-state index in [1.165, 1.54) is 6.08 Å². The first kappa shape index (κ1) is 22.9. The zero-order valence-electron chi connectivity index (χ0n) is 17.3. The molecule has 2 atom stereocenters. The van der Waals surface area contributed by atoms with Crippen LogP contribution in [-0.4, -0.2) is 30.4 Å². The van der Waals surface area contributed by atoms with Crippen LogP contribution < -0.4 is 14.2 Å². The molecule has 0 bridgehead atoms. The molecule has 0 spiro atoms. The summed E-state index contributed by atoms with van der Waals surface area (Å²) < 4.78 is 17.8. The molecule has 0 fully saturated rings. The standard InChI is InChI=1S/C22H34O5/c1-6-8-10-16(3)26-20-15-18(12-13-21(23)24)14-19(25-5)22(20)27-17(4)11-9-7-2/h12-17H,6-11H2,1-5H3,(H,23,24). The van der Waals surface area contributed by atoms with Gasteiger partial charge in [-0.25, -0.2) is 4.79 Å². The maximum absolute atomic E-state index is 10.8. The summed E-state index contributed by atoms with van der Waals surface area (Å²) in [6.45, 7) is 8.38. The molecule has 0 aromatic heterocycles. The van der Waals surface area contributed by atoms with Gasteiger partial charge in [-0.05, 0) is 50.5 Å². The maximum atomic E-state index is 10.8. The summed E-state index contributed by atoms with van der Waals surface area (Å²) in [5, 5.41) is 8.90. The Kier molecular flexibility index (Phi) is 10.4. The fourth-order valence-electron chi connectivity index (χ4n) is 2.73. The van der Waals surface area contributed by atoms with E-state index in [1.807, 2.05) is 19.9 Å². The third-order valence-corrected chi connectivity index (χ3v) is 4.26. The summed E-state index contributed by atoms with van der Waals surface area (Å²) >= 11 is 0. The molecule has 1 aromatic rings. The second-order valence-electron chi connectivity index (χ2n) is 6.86. The molecule has 1 rings (SSSR count). The Morgan fingerprint density at radius 3 is 2.11 bits per heavy atom. The van der Waals surface area contributed by atoms with Crippen molar-refractivity contribution in [1.82, 2.24) is 0 Å². The molecule has 0 aliphatic rings. The number of hydrogen-bond acceptors (Lipinski definition) is 4. The van der Waals surface area contributed by atoms with Crippen LogP contribution in [0.5, 0.6) is 17.2 Å². The van der Waals surface area contributed by atoms with E-state index in [1.54, 1.807) is 13.2 Å². The van der Waals surface area contributed by atoms with Gasteiger partial charge in [0.25, 0.3) is 0 Å². The molecule has 1 aromatic carbocycles. The number of carboxylic acids is 1. The molecule has 0 amide bonds. The Bertz CT molecular complexity index is 609. The predicted molar refractivity (Wildman–Crippen MR) is 109 cm³/mol. The molecule has 152 valence electrons. The van der Waals surface area contributed by atoms with Gasteiger partial charge in [-0.15, -0.1) is 0 Å². The van der Waals surface area contributed by atoms with Crippen LogP contribution in [0.3, 0.4) is 0 Å².